The van der Waals surface area contributed by atoms with E-state index in [1.165, 1.54) is 43.5 Å². The van der Waals surface area contributed by atoms with Crippen molar-refractivity contribution in [1.29, 1.82) is 0 Å². The van der Waals surface area contributed by atoms with Gasteiger partial charge >= 0.3 is 5.97 Å². The van der Waals surface area contributed by atoms with Crippen molar-refractivity contribution in [2.75, 3.05) is 29.9 Å². The first-order valence-corrected chi connectivity index (χ1v) is 9.92. The molecule has 148 valence electrons. The maximum absolute atomic E-state index is 12.5. The molecule has 0 saturated carbocycles. The molecule has 28 heavy (non-hydrogen) atoms. The second kappa shape index (κ2) is 9.00. The van der Waals surface area contributed by atoms with Crippen molar-refractivity contribution < 1.29 is 27.5 Å². The van der Waals surface area contributed by atoms with Crippen LogP contribution in [0.15, 0.2) is 48.5 Å². The lowest BCUT2D eigenvalue weighted by molar-refractivity contribution is -0.139. The van der Waals surface area contributed by atoms with Gasteiger partial charge in [0.2, 0.25) is 10.0 Å². The highest BCUT2D eigenvalue weighted by Crippen LogP contribution is 2.18. The van der Waals surface area contributed by atoms with Crippen LogP contribution < -0.4 is 15.4 Å². The molecule has 0 unspecified atom stereocenters. The van der Waals surface area contributed by atoms with E-state index in [0.29, 0.717) is 11.3 Å². The highest BCUT2D eigenvalue weighted by molar-refractivity contribution is 7.92. The van der Waals surface area contributed by atoms with Crippen LogP contribution >= 0.6 is 0 Å². The van der Waals surface area contributed by atoms with Crippen LogP contribution in [0.4, 0.5) is 11.4 Å². The van der Waals surface area contributed by atoms with E-state index in [-0.39, 0.29) is 17.8 Å². The molecule has 0 fully saturated rings. The van der Waals surface area contributed by atoms with Gasteiger partial charge in [-0.25, -0.2) is 8.42 Å². The second-order valence-corrected chi connectivity index (χ2v) is 7.46. The van der Waals surface area contributed by atoms with Crippen LogP contribution in [0.2, 0.25) is 0 Å². The van der Waals surface area contributed by atoms with E-state index in [1.807, 2.05) is 0 Å². The second-order valence-electron chi connectivity index (χ2n) is 5.71. The molecular weight excluding hydrogens is 386 g/mol. The van der Waals surface area contributed by atoms with Crippen LogP contribution in [0.3, 0.4) is 0 Å². The van der Waals surface area contributed by atoms with Crippen LogP contribution in [0, 0.1) is 0 Å². The molecule has 0 bridgehead atoms. The first kappa shape index (κ1) is 20.9. The molecule has 10 heteroatoms. The molecule has 0 saturated heterocycles. The van der Waals surface area contributed by atoms with E-state index in [0.717, 1.165) is 6.26 Å². The fourth-order valence-electron chi connectivity index (χ4n) is 2.20. The average Bonchev–Trinajstić information content (AvgIpc) is 2.65. The molecule has 2 aromatic carbocycles. The molecule has 2 rings (SSSR count). The van der Waals surface area contributed by atoms with Gasteiger partial charge in [-0.3, -0.25) is 19.1 Å². The number of nitrogens with one attached hydrogen (secondary N) is 3. The molecule has 0 aliphatic rings. The summed E-state index contributed by atoms with van der Waals surface area (Å²) in [4.78, 5) is 35.4. The summed E-state index contributed by atoms with van der Waals surface area (Å²) in [6.45, 7) is -0.252. The zero-order chi connectivity index (χ0) is 20.7. The summed E-state index contributed by atoms with van der Waals surface area (Å²) in [5, 5.41) is 5.03. The van der Waals surface area contributed by atoms with E-state index in [9.17, 15) is 22.8 Å². The molecule has 0 aliphatic carbocycles. The van der Waals surface area contributed by atoms with Gasteiger partial charge in [0.25, 0.3) is 11.8 Å². The lowest BCUT2D eigenvalue weighted by Crippen LogP contribution is -2.30. The molecule has 2 amide bonds. The van der Waals surface area contributed by atoms with Crippen molar-refractivity contribution in [2.45, 2.75) is 0 Å². The SMILES string of the molecule is COC(=O)CNC(=O)c1ccc(NC(=O)c2ccccc2NS(C)(=O)=O)cc1. The summed E-state index contributed by atoms with van der Waals surface area (Å²) >= 11 is 0. The van der Waals surface area contributed by atoms with E-state index in [1.54, 1.807) is 12.1 Å². The Hall–Kier alpha value is -3.40. The molecule has 0 atom stereocenters. The van der Waals surface area contributed by atoms with E-state index >= 15 is 0 Å². The number of carbonyl (C=O) groups is 3. The Morgan fingerprint density at radius 1 is 0.964 bits per heavy atom. The Balaban J connectivity index is 2.07. The van der Waals surface area contributed by atoms with Gasteiger partial charge in [-0.2, -0.15) is 0 Å². The maximum Gasteiger partial charge on any atom is 0.325 e. The minimum atomic E-state index is -3.54. The smallest absolute Gasteiger partial charge is 0.325 e. The zero-order valence-corrected chi connectivity index (χ0v) is 16.0. The van der Waals surface area contributed by atoms with Crippen LogP contribution in [0.5, 0.6) is 0 Å². The molecule has 0 radical (unpaired) electrons. The molecule has 0 aliphatic heterocycles. The number of ether oxygens (including phenoxy) is 1. The number of anilines is 2. The van der Waals surface area contributed by atoms with Crippen LogP contribution in [0.25, 0.3) is 0 Å². The first-order valence-electron chi connectivity index (χ1n) is 8.03. The monoisotopic (exact) mass is 405 g/mol. The molecule has 0 spiro atoms. The third-order valence-electron chi connectivity index (χ3n) is 3.49. The van der Waals surface area contributed by atoms with E-state index in [4.69, 9.17) is 0 Å². The quantitative estimate of drug-likeness (QED) is 0.594. The highest BCUT2D eigenvalue weighted by Gasteiger charge is 2.14. The minimum absolute atomic E-state index is 0.146. The van der Waals surface area contributed by atoms with Gasteiger partial charge in [-0.1, -0.05) is 12.1 Å². The summed E-state index contributed by atoms with van der Waals surface area (Å²) in [5.74, 6) is -1.56. The minimum Gasteiger partial charge on any atom is -0.468 e. The number of benzene rings is 2. The Morgan fingerprint density at radius 2 is 1.61 bits per heavy atom. The average molecular weight is 405 g/mol. The predicted octanol–water partition coefficient (Wildman–Crippen LogP) is 1.21. The fraction of sp³-hybridized carbons (Fsp3) is 0.167. The van der Waals surface area contributed by atoms with Crippen molar-refractivity contribution >= 4 is 39.2 Å². The molecular formula is C18H19N3O6S. The van der Waals surface area contributed by atoms with E-state index in [2.05, 4.69) is 20.1 Å². The third-order valence-corrected chi connectivity index (χ3v) is 4.08. The molecule has 2 aromatic rings. The lowest BCUT2D eigenvalue weighted by atomic mass is 10.1. The van der Waals surface area contributed by atoms with Crippen LogP contribution in [0.1, 0.15) is 20.7 Å². The normalized spacial score (nSPS) is 10.6. The largest absolute Gasteiger partial charge is 0.468 e. The van der Waals surface area contributed by atoms with Gasteiger partial charge in [0.05, 0.1) is 24.6 Å². The topological polar surface area (TPSA) is 131 Å². The zero-order valence-electron chi connectivity index (χ0n) is 15.2. The standard InChI is InChI=1S/C18H19N3O6S/c1-27-16(22)11-19-17(23)12-7-9-13(10-8-12)20-18(24)14-5-3-4-6-15(14)21-28(2,25)26/h3-10,21H,11H2,1-2H3,(H,19,23)(H,20,24). The number of methoxy groups -OCH3 is 1. The molecule has 3 N–H and O–H groups in total. The number of esters is 1. The van der Waals surface area contributed by atoms with Crippen LogP contribution in [-0.4, -0.2) is 46.1 Å². The first-order chi connectivity index (χ1) is 13.2. The van der Waals surface area contributed by atoms with Gasteiger partial charge in [0, 0.05) is 11.3 Å². The number of carbonyl (C=O) groups excluding carboxylic acids is 3. The van der Waals surface area contributed by atoms with Crippen molar-refractivity contribution in [3.05, 3.63) is 59.7 Å². The number of amides is 2. The Morgan fingerprint density at radius 3 is 2.21 bits per heavy atom. The summed E-state index contributed by atoms with van der Waals surface area (Å²) in [6, 6.07) is 12.1. The van der Waals surface area contributed by atoms with Crippen molar-refractivity contribution in [3.63, 3.8) is 0 Å². The maximum atomic E-state index is 12.5. The number of hydrogen-bond acceptors (Lipinski definition) is 6. The number of sulfonamides is 1. The number of rotatable bonds is 7. The third kappa shape index (κ3) is 6.09. The molecule has 9 nitrogen and oxygen atoms in total. The molecule has 0 aromatic heterocycles. The Kier molecular flexibility index (Phi) is 6.72. The summed E-state index contributed by atoms with van der Waals surface area (Å²) in [5.41, 5.74) is 0.999. The number of para-hydroxylation sites is 1. The van der Waals surface area contributed by atoms with Crippen molar-refractivity contribution in [2.24, 2.45) is 0 Å². The van der Waals surface area contributed by atoms with Gasteiger partial charge in [-0.15, -0.1) is 0 Å². The number of hydrogen-bond donors (Lipinski definition) is 3. The van der Waals surface area contributed by atoms with Gasteiger partial charge in [0.15, 0.2) is 0 Å². The van der Waals surface area contributed by atoms with Gasteiger partial charge < -0.3 is 15.4 Å². The Labute approximate surface area is 162 Å². The summed E-state index contributed by atoms with van der Waals surface area (Å²) in [7, 11) is -2.32. The van der Waals surface area contributed by atoms with Crippen LogP contribution in [-0.2, 0) is 19.6 Å². The Bertz CT molecular complexity index is 987. The summed E-state index contributed by atoms with van der Waals surface area (Å²) in [6.07, 6.45) is 0.992. The summed E-state index contributed by atoms with van der Waals surface area (Å²) < 4.78 is 29.6. The predicted molar refractivity (Wildman–Crippen MR) is 104 cm³/mol. The van der Waals surface area contributed by atoms with Crippen molar-refractivity contribution in [1.82, 2.24) is 5.32 Å². The molecule has 0 heterocycles. The highest BCUT2D eigenvalue weighted by atomic mass is 32.2. The van der Waals surface area contributed by atoms with Gasteiger partial charge in [-0.05, 0) is 36.4 Å². The fourth-order valence-corrected chi connectivity index (χ4v) is 2.78. The van der Waals surface area contributed by atoms with Crippen molar-refractivity contribution in [3.8, 4) is 0 Å². The van der Waals surface area contributed by atoms with E-state index < -0.39 is 27.8 Å². The van der Waals surface area contributed by atoms with Gasteiger partial charge in [0.1, 0.15) is 6.54 Å². The lowest BCUT2D eigenvalue weighted by Gasteiger charge is -2.11.